The summed E-state index contributed by atoms with van der Waals surface area (Å²) < 4.78 is 5.55. The van der Waals surface area contributed by atoms with Crippen molar-refractivity contribution in [1.82, 2.24) is 4.90 Å². The Kier molecular flexibility index (Phi) is 3.79. The largest absolute Gasteiger partial charge is 0.444 e. The summed E-state index contributed by atoms with van der Waals surface area (Å²) in [4.78, 5) is 14.3. The second-order valence-corrected chi connectivity index (χ2v) is 7.69. The molecule has 2 aliphatic heterocycles. The zero-order valence-electron chi connectivity index (χ0n) is 13.8. The highest BCUT2D eigenvalue weighted by atomic mass is 16.6. The van der Waals surface area contributed by atoms with E-state index in [1.165, 1.54) is 11.3 Å². The molecule has 1 saturated heterocycles. The summed E-state index contributed by atoms with van der Waals surface area (Å²) >= 11 is 0. The van der Waals surface area contributed by atoms with Crippen molar-refractivity contribution in [1.29, 1.82) is 0 Å². The van der Waals surface area contributed by atoms with E-state index in [4.69, 9.17) is 4.74 Å². The fourth-order valence-corrected chi connectivity index (χ4v) is 3.57. The number of hydrogen-bond donors (Lipinski definition) is 1. The maximum Gasteiger partial charge on any atom is 0.410 e. The van der Waals surface area contributed by atoms with Gasteiger partial charge in [0.1, 0.15) is 5.60 Å². The highest BCUT2D eigenvalue weighted by molar-refractivity contribution is 5.68. The number of anilines is 1. The minimum Gasteiger partial charge on any atom is -0.444 e. The number of likely N-dealkylation sites (tertiary alicyclic amines) is 1. The summed E-state index contributed by atoms with van der Waals surface area (Å²) in [6.07, 6.45) is 3.07. The van der Waals surface area contributed by atoms with Gasteiger partial charge in [-0.05, 0) is 51.7 Å². The molecule has 22 heavy (non-hydrogen) atoms. The predicted octanol–water partition coefficient (Wildman–Crippen LogP) is 3.67. The molecule has 0 unspecified atom stereocenters. The smallest absolute Gasteiger partial charge is 0.410 e. The van der Waals surface area contributed by atoms with Crippen LogP contribution in [0.1, 0.15) is 39.2 Å². The van der Waals surface area contributed by atoms with Crippen molar-refractivity contribution >= 4 is 11.8 Å². The molecule has 2 aliphatic rings. The fraction of sp³-hybridized carbons (Fsp3) is 0.611. The van der Waals surface area contributed by atoms with E-state index in [0.717, 1.165) is 38.9 Å². The number of amides is 1. The van der Waals surface area contributed by atoms with Crippen LogP contribution in [0.4, 0.5) is 10.5 Å². The summed E-state index contributed by atoms with van der Waals surface area (Å²) in [5.41, 5.74) is 2.31. The SMILES string of the molecule is CC(C)(C)OC(=O)N1CCC[C@@]2(CNc3ccccc3C2)C1. The molecule has 1 N–H and O–H groups in total. The van der Waals surface area contributed by atoms with E-state index in [1.807, 2.05) is 25.7 Å². The van der Waals surface area contributed by atoms with Gasteiger partial charge in [-0.25, -0.2) is 4.79 Å². The summed E-state index contributed by atoms with van der Waals surface area (Å²) in [6, 6.07) is 8.48. The molecule has 4 heteroatoms. The standard InChI is InChI=1S/C18H26N2O2/c1-17(2,3)22-16(21)20-10-6-9-18(13-20)11-14-7-4-5-8-15(14)19-12-18/h4-5,7-8,19H,6,9-13H2,1-3H3/t18-/m1/s1. The third-order valence-electron chi connectivity index (χ3n) is 4.55. The van der Waals surface area contributed by atoms with E-state index in [9.17, 15) is 4.79 Å². The van der Waals surface area contributed by atoms with Crippen LogP contribution < -0.4 is 5.32 Å². The lowest BCUT2D eigenvalue weighted by Gasteiger charge is -2.45. The molecule has 4 nitrogen and oxygen atoms in total. The van der Waals surface area contributed by atoms with E-state index in [1.54, 1.807) is 0 Å². The first-order valence-corrected chi connectivity index (χ1v) is 8.17. The Labute approximate surface area is 132 Å². The lowest BCUT2D eigenvalue weighted by atomic mass is 9.73. The Bertz CT molecular complexity index is 564. The minimum absolute atomic E-state index is 0.142. The number of rotatable bonds is 0. The number of carbonyl (C=O) groups is 1. The Hall–Kier alpha value is -1.71. The molecular formula is C18H26N2O2. The monoisotopic (exact) mass is 302 g/mol. The average molecular weight is 302 g/mol. The quantitative estimate of drug-likeness (QED) is 0.795. The molecule has 3 rings (SSSR count). The van der Waals surface area contributed by atoms with Crippen molar-refractivity contribution in [2.75, 3.05) is 25.0 Å². The number of piperidine rings is 1. The van der Waals surface area contributed by atoms with Crippen molar-refractivity contribution in [2.45, 2.75) is 45.6 Å². The van der Waals surface area contributed by atoms with Gasteiger partial charge in [-0.15, -0.1) is 0 Å². The molecule has 2 heterocycles. The third-order valence-corrected chi connectivity index (χ3v) is 4.55. The first-order valence-electron chi connectivity index (χ1n) is 8.17. The fourth-order valence-electron chi connectivity index (χ4n) is 3.57. The van der Waals surface area contributed by atoms with Gasteiger partial charge in [-0.1, -0.05) is 18.2 Å². The molecule has 0 radical (unpaired) electrons. The number of hydrogen-bond acceptors (Lipinski definition) is 3. The normalized spacial score (nSPS) is 24.6. The maximum atomic E-state index is 12.4. The number of carbonyl (C=O) groups excluding carboxylic acids is 1. The van der Waals surface area contributed by atoms with Crippen LogP contribution in [-0.4, -0.2) is 36.2 Å². The van der Waals surface area contributed by atoms with Crippen molar-refractivity contribution in [3.63, 3.8) is 0 Å². The highest BCUT2D eigenvalue weighted by Gasteiger charge is 2.40. The molecule has 1 aromatic rings. The van der Waals surface area contributed by atoms with Crippen molar-refractivity contribution in [3.8, 4) is 0 Å². The molecule has 0 aliphatic carbocycles. The molecule has 1 spiro atoms. The van der Waals surface area contributed by atoms with Gasteiger partial charge in [-0.3, -0.25) is 0 Å². The zero-order valence-corrected chi connectivity index (χ0v) is 13.8. The Morgan fingerprint density at radius 1 is 1.32 bits per heavy atom. The van der Waals surface area contributed by atoms with Crippen LogP contribution in [0.3, 0.4) is 0 Å². The van der Waals surface area contributed by atoms with Crippen LogP contribution >= 0.6 is 0 Å². The highest BCUT2D eigenvalue weighted by Crippen LogP contribution is 2.39. The van der Waals surface area contributed by atoms with Crippen LogP contribution in [0.5, 0.6) is 0 Å². The number of nitrogens with one attached hydrogen (secondary N) is 1. The molecule has 1 fully saturated rings. The summed E-state index contributed by atoms with van der Waals surface area (Å²) in [5.74, 6) is 0. The number of nitrogens with zero attached hydrogens (tertiary/aromatic N) is 1. The number of ether oxygens (including phenoxy) is 1. The van der Waals surface area contributed by atoms with E-state index in [-0.39, 0.29) is 11.5 Å². The first-order chi connectivity index (χ1) is 10.4. The Morgan fingerprint density at radius 2 is 2.09 bits per heavy atom. The van der Waals surface area contributed by atoms with Crippen LogP contribution in [0, 0.1) is 5.41 Å². The van der Waals surface area contributed by atoms with Gasteiger partial charge in [0, 0.05) is 30.7 Å². The summed E-state index contributed by atoms with van der Waals surface area (Å²) in [6.45, 7) is 8.28. The average Bonchev–Trinajstić information content (AvgIpc) is 2.45. The summed E-state index contributed by atoms with van der Waals surface area (Å²) in [7, 11) is 0. The minimum atomic E-state index is -0.431. The topological polar surface area (TPSA) is 41.6 Å². The number of benzene rings is 1. The third kappa shape index (κ3) is 3.21. The molecule has 1 atom stereocenters. The maximum absolute atomic E-state index is 12.4. The van der Waals surface area contributed by atoms with Gasteiger partial charge in [0.25, 0.3) is 0 Å². The van der Waals surface area contributed by atoms with Crippen LogP contribution in [0.15, 0.2) is 24.3 Å². The molecule has 1 aromatic carbocycles. The Balaban J connectivity index is 1.72. The predicted molar refractivity (Wildman–Crippen MR) is 88.1 cm³/mol. The second kappa shape index (κ2) is 5.49. The molecule has 120 valence electrons. The lowest BCUT2D eigenvalue weighted by Crippen LogP contribution is -2.52. The summed E-state index contributed by atoms with van der Waals surface area (Å²) in [5, 5.41) is 3.55. The molecule has 0 bridgehead atoms. The molecule has 0 saturated carbocycles. The van der Waals surface area contributed by atoms with Crippen molar-refractivity contribution in [3.05, 3.63) is 29.8 Å². The van der Waals surface area contributed by atoms with E-state index >= 15 is 0 Å². The second-order valence-electron chi connectivity index (χ2n) is 7.69. The van der Waals surface area contributed by atoms with Crippen molar-refractivity contribution in [2.24, 2.45) is 5.41 Å². The molecule has 0 aromatic heterocycles. The van der Waals surface area contributed by atoms with Crippen LogP contribution in [-0.2, 0) is 11.2 Å². The van der Waals surface area contributed by atoms with Crippen molar-refractivity contribution < 1.29 is 9.53 Å². The van der Waals surface area contributed by atoms with Gasteiger partial charge in [0.05, 0.1) is 0 Å². The van der Waals surface area contributed by atoms with E-state index in [2.05, 4.69) is 29.6 Å². The van der Waals surface area contributed by atoms with Gasteiger partial charge < -0.3 is 15.0 Å². The molecular weight excluding hydrogens is 276 g/mol. The zero-order chi connectivity index (χ0) is 15.8. The van der Waals surface area contributed by atoms with Crippen LogP contribution in [0.25, 0.3) is 0 Å². The van der Waals surface area contributed by atoms with Gasteiger partial charge in [0.2, 0.25) is 0 Å². The number of fused-ring (bicyclic) bond motifs is 1. The molecule has 1 amide bonds. The Morgan fingerprint density at radius 3 is 2.86 bits per heavy atom. The van der Waals surface area contributed by atoms with Gasteiger partial charge in [-0.2, -0.15) is 0 Å². The van der Waals surface area contributed by atoms with Gasteiger partial charge >= 0.3 is 6.09 Å². The van der Waals surface area contributed by atoms with E-state index < -0.39 is 5.60 Å². The first kappa shape index (κ1) is 15.2. The number of para-hydroxylation sites is 1. The lowest BCUT2D eigenvalue weighted by molar-refractivity contribution is 0.00550. The van der Waals surface area contributed by atoms with E-state index in [0.29, 0.717) is 0 Å². The van der Waals surface area contributed by atoms with Crippen LogP contribution in [0.2, 0.25) is 0 Å². The van der Waals surface area contributed by atoms with Gasteiger partial charge in [0.15, 0.2) is 0 Å².